The Bertz CT molecular complexity index is 544. The molecule has 0 radical (unpaired) electrons. The van der Waals surface area contributed by atoms with Gasteiger partial charge in [0.25, 0.3) is 0 Å². The molecule has 24 heavy (non-hydrogen) atoms. The van der Waals surface area contributed by atoms with Crippen molar-refractivity contribution in [2.45, 2.75) is 37.1 Å². The minimum absolute atomic E-state index is 0. The lowest BCUT2D eigenvalue weighted by Crippen LogP contribution is -2.55. The van der Waals surface area contributed by atoms with Crippen LogP contribution in [0.25, 0.3) is 0 Å². The van der Waals surface area contributed by atoms with Gasteiger partial charge >= 0.3 is 0 Å². The molecule has 2 saturated heterocycles. The van der Waals surface area contributed by atoms with Gasteiger partial charge in [0.15, 0.2) is 0 Å². The SMILES string of the molecule is CNC1CCCN(C(=O)C2(c3ccc(Cl)cc3)CCOCC2)C1.Cl. The first-order chi connectivity index (χ1) is 11.2. The Morgan fingerprint density at radius 2 is 1.96 bits per heavy atom. The van der Waals surface area contributed by atoms with E-state index in [-0.39, 0.29) is 18.3 Å². The summed E-state index contributed by atoms with van der Waals surface area (Å²) in [6.45, 7) is 2.92. The lowest BCUT2D eigenvalue weighted by molar-refractivity contribution is -0.142. The van der Waals surface area contributed by atoms with Crippen LogP contribution in [0, 0.1) is 0 Å². The molecule has 1 aromatic carbocycles. The third-order valence-electron chi connectivity index (χ3n) is 5.27. The highest BCUT2D eigenvalue weighted by Gasteiger charge is 2.44. The molecule has 1 N–H and O–H groups in total. The Hall–Kier alpha value is -0.810. The van der Waals surface area contributed by atoms with Gasteiger partial charge in [-0.05, 0) is 50.4 Å². The third-order valence-corrected chi connectivity index (χ3v) is 5.52. The van der Waals surface area contributed by atoms with Crippen molar-refractivity contribution in [2.24, 2.45) is 0 Å². The van der Waals surface area contributed by atoms with Crippen LogP contribution in [-0.2, 0) is 14.9 Å². The number of likely N-dealkylation sites (tertiary alicyclic amines) is 1. The van der Waals surface area contributed by atoms with Gasteiger partial charge in [0.05, 0.1) is 5.41 Å². The Labute approximate surface area is 155 Å². The number of hydrogen-bond acceptors (Lipinski definition) is 3. The van der Waals surface area contributed by atoms with Crippen LogP contribution in [0.4, 0.5) is 0 Å². The Kier molecular flexibility index (Phi) is 6.93. The van der Waals surface area contributed by atoms with Crippen molar-refractivity contribution in [1.29, 1.82) is 0 Å². The molecule has 1 atom stereocenters. The number of carbonyl (C=O) groups is 1. The monoisotopic (exact) mass is 372 g/mol. The molecule has 6 heteroatoms. The molecule has 2 aliphatic rings. The highest BCUT2D eigenvalue weighted by Crippen LogP contribution is 2.38. The molecule has 2 fully saturated rings. The van der Waals surface area contributed by atoms with Gasteiger partial charge < -0.3 is 15.0 Å². The number of nitrogens with zero attached hydrogens (tertiary/aromatic N) is 1. The van der Waals surface area contributed by atoms with Crippen LogP contribution in [0.15, 0.2) is 24.3 Å². The fourth-order valence-electron chi connectivity index (χ4n) is 3.81. The molecule has 0 saturated carbocycles. The van der Waals surface area contributed by atoms with E-state index in [2.05, 4.69) is 5.32 Å². The van der Waals surface area contributed by atoms with Crippen molar-refractivity contribution in [2.75, 3.05) is 33.4 Å². The zero-order valence-electron chi connectivity index (χ0n) is 14.1. The van der Waals surface area contributed by atoms with Gasteiger partial charge in [0.2, 0.25) is 5.91 Å². The van der Waals surface area contributed by atoms with E-state index in [0.717, 1.165) is 44.3 Å². The molecule has 0 aromatic heterocycles. The quantitative estimate of drug-likeness (QED) is 0.886. The highest BCUT2D eigenvalue weighted by molar-refractivity contribution is 6.30. The predicted octanol–water partition coefficient (Wildman–Crippen LogP) is 3.02. The largest absolute Gasteiger partial charge is 0.381 e. The lowest BCUT2D eigenvalue weighted by Gasteiger charge is -2.42. The molecule has 2 aliphatic heterocycles. The third kappa shape index (κ3) is 3.88. The van der Waals surface area contributed by atoms with Crippen LogP contribution in [0.3, 0.4) is 0 Å². The molecular weight excluding hydrogens is 347 g/mol. The number of ether oxygens (including phenoxy) is 1. The second-order valence-electron chi connectivity index (χ2n) is 6.58. The van der Waals surface area contributed by atoms with Crippen molar-refractivity contribution < 1.29 is 9.53 Å². The van der Waals surface area contributed by atoms with Crippen molar-refractivity contribution >= 4 is 29.9 Å². The Morgan fingerprint density at radius 1 is 1.29 bits per heavy atom. The second kappa shape index (κ2) is 8.52. The number of amides is 1. The Balaban J connectivity index is 0.00000208. The minimum Gasteiger partial charge on any atom is -0.381 e. The molecule has 1 unspecified atom stereocenters. The van der Waals surface area contributed by atoms with Crippen molar-refractivity contribution in [3.8, 4) is 0 Å². The topological polar surface area (TPSA) is 41.6 Å². The maximum absolute atomic E-state index is 13.4. The average molecular weight is 373 g/mol. The standard InChI is InChI=1S/C18H25ClN2O2.ClH/c1-20-16-3-2-10-21(13-16)17(22)18(8-11-23-12-9-18)14-4-6-15(19)7-5-14;/h4-7,16,20H,2-3,8-13H2,1H3;1H. The van der Waals surface area contributed by atoms with Gasteiger partial charge in [0.1, 0.15) is 0 Å². The number of likely N-dealkylation sites (N-methyl/N-ethyl adjacent to an activating group) is 1. The van der Waals surface area contributed by atoms with Gasteiger partial charge in [-0.2, -0.15) is 0 Å². The number of hydrogen-bond donors (Lipinski definition) is 1. The van der Waals surface area contributed by atoms with E-state index in [1.54, 1.807) is 0 Å². The highest BCUT2D eigenvalue weighted by atomic mass is 35.5. The maximum Gasteiger partial charge on any atom is 0.233 e. The molecule has 0 spiro atoms. The van der Waals surface area contributed by atoms with Crippen LogP contribution in [0.5, 0.6) is 0 Å². The van der Waals surface area contributed by atoms with Crippen LogP contribution >= 0.6 is 24.0 Å². The zero-order valence-corrected chi connectivity index (χ0v) is 15.7. The normalized spacial score (nSPS) is 23.4. The van der Waals surface area contributed by atoms with E-state index in [1.165, 1.54) is 0 Å². The summed E-state index contributed by atoms with van der Waals surface area (Å²) in [5.74, 6) is 0.253. The van der Waals surface area contributed by atoms with Crippen molar-refractivity contribution in [3.63, 3.8) is 0 Å². The van der Waals surface area contributed by atoms with Gasteiger partial charge in [-0.25, -0.2) is 0 Å². The summed E-state index contributed by atoms with van der Waals surface area (Å²) >= 11 is 6.03. The lowest BCUT2D eigenvalue weighted by atomic mass is 9.72. The number of benzene rings is 1. The average Bonchev–Trinajstić information content (AvgIpc) is 2.62. The van der Waals surface area contributed by atoms with E-state index in [1.807, 2.05) is 36.2 Å². The first-order valence-electron chi connectivity index (χ1n) is 8.46. The molecule has 1 amide bonds. The number of carbonyl (C=O) groups excluding carboxylic acids is 1. The number of rotatable bonds is 3. The summed E-state index contributed by atoms with van der Waals surface area (Å²) in [7, 11) is 1.97. The molecule has 2 heterocycles. The molecular formula is C18H26Cl2N2O2. The predicted molar refractivity (Wildman–Crippen MR) is 99.1 cm³/mol. The molecule has 134 valence electrons. The zero-order chi connectivity index (χ0) is 16.3. The van der Waals surface area contributed by atoms with E-state index >= 15 is 0 Å². The summed E-state index contributed by atoms with van der Waals surface area (Å²) in [6, 6.07) is 8.17. The smallest absolute Gasteiger partial charge is 0.233 e. The van der Waals surface area contributed by atoms with E-state index in [9.17, 15) is 4.79 Å². The molecule has 4 nitrogen and oxygen atoms in total. The summed E-state index contributed by atoms with van der Waals surface area (Å²) < 4.78 is 5.54. The number of halogens is 2. The van der Waals surface area contributed by atoms with E-state index < -0.39 is 5.41 Å². The van der Waals surface area contributed by atoms with Crippen LogP contribution in [-0.4, -0.2) is 50.2 Å². The minimum atomic E-state index is -0.460. The number of nitrogens with one attached hydrogen (secondary N) is 1. The van der Waals surface area contributed by atoms with Gasteiger partial charge in [0, 0.05) is 37.4 Å². The summed E-state index contributed by atoms with van der Waals surface area (Å²) in [4.78, 5) is 15.5. The van der Waals surface area contributed by atoms with Gasteiger partial charge in [-0.15, -0.1) is 12.4 Å². The first kappa shape index (κ1) is 19.5. The summed E-state index contributed by atoms with van der Waals surface area (Å²) in [6.07, 6.45) is 3.68. The molecule has 1 aromatic rings. The maximum atomic E-state index is 13.4. The fourth-order valence-corrected chi connectivity index (χ4v) is 3.94. The summed E-state index contributed by atoms with van der Waals surface area (Å²) in [5.41, 5.74) is 0.611. The van der Waals surface area contributed by atoms with Crippen molar-refractivity contribution in [1.82, 2.24) is 10.2 Å². The van der Waals surface area contributed by atoms with E-state index in [4.69, 9.17) is 16.3 Å². The fraction of sp³-hybridized carbons (Fsp3) is 0.611. The van der Waals surface area contributed by atoms with Gasteiger partial charge in [-0.3, -0.25) is 4.79 Å². The molecule has 0 bridgehead atoms. The second-order valence-corrected chi connectivity index (χ2v) is 7.02. The number of piperidine rings is 1. The van der Waals surface area contributed by atoms with Crippen molar-refractivity contribution in [3.05, 3.63) is 34.9 Å². The first-order valence-corrected chi connectivity index (χ1v) is 8.84. The van der Waals surface area contributed by atoms with Gasteiger partial charge in [-0.1, -0.05) is 23.7 Å². The Morgan fingerprint density at radius 3 is 2.58 bits per heavy atom. The summed E-state index contributed by atoms with van der Waals surface area (Å²) in [5, 5.41) is 4.02. The molecule has 3 rings (SSSR count). The van der Waals surface area contributed by atoms with Crippen LogP contribution < -0.4 is 5.32 Å². The van der Waals surface area contributed by atoms with E-state index in [0.29, 0.717) is 24.3 Å². The molecule has 0 aliphatic carbocycles. The van der Waals surface area contributed by atoms with Crippen LogP contribution in [0.2, 0.25) is 5.02 Å². The van der Waals surface area contributed by atoms with Crippen LogP contribution in [0.1, 0.15) is 31.2 Å².